The number of para-hydroxylation sites is 2. The molecule has 3 saturated heterocycles. The van der Waals surface area contributed by atoms with E-state index in [9.17, 15) is 13.6 Å². The normalized spacial score (nSPS) is 22.4. The molecule has 3 fully saturated rings. The van der Waals surface area contributed by atoms with E-state index in [2.05, 4.69) is 10.3 Å². The summed E-state index contributed by atoms with van der Waals surface area (Å²) in [7, 11) is 0. The average molecular weight is 514 g/mol. The molecule has 0 spiro atoms. The number of benzene rings is 1. The predicted molar refractivity (Wildman–Crippen MR) is 132 cm³/mol. The van der Waals surface area contributed by atoms with Gasteiger partial charge >= 0.3 is 0 Å². The fourth-order valence-corrected chi connectivity index (χ4v) is 5.21. The van der Waals surface area contributed by atoms with Crippen LogP contribution in [0, 0.1) is 0 Å². The number of carbonyl (C=O) groups excluding carboxylic acids is 1. The molecule has 3 aliphatic rings. The number of aromatic nitrogens is 4. The quantitative estimate of drug-likeness (QED) is 0.538. The van der Waals surface area contributed by atoms with Gasteiger partial charge in [-0.1, -0.05) is 12.1 Å². The van der Waals surface area contributed by atoms with Crippen LogP contribution in [0.15, 0.2) is 30.3 Å². The standard InChI is InChI=1S/C25H29F2N7O3/c26-22(27)23-29-17-4-1-2-5-18(17)34(23)21-14-20(30-25(31-21)32-9-12-36-13-10-32)28-16-7-8-33(15-16)24(35)19-6-3-11-37-19/h1-2,4-5,14,16,19,22H,3,6-13,15H2,(H,28,30,31)/t16-,19-/m0/s1. The van der Waals surface area contributed by atoms with Crippen LogP contribution in [0.2, 0.25) is 0 Å². The Morgan fingerprint density at radius 1 is 1.05 bits per heavy atom. The van der Waals surface area contributed by atoms with E-state index < -0.39 is 6.43 Å². The number of rotatable bonds is 6. The molecule has 2 atom stereocenters. The fourth-order valence-electron chi connectivity index (χ4n) is 5.21. The smallest absolute Gasteiger partial charge is 0.296 e. The van der Waals surface area contributed by atoms with Crippen LogP contribution in [0.4, 0.5) is 20.5 Å². The number of hydrogen-bond donors (Lipinski definition) is 1. The van der Waals surface area contributed by atoms with Gasteiger partial charge in [-0.3, -0.25) is 9.36 Å². The second kappa shape index (κ2) is 10.2. The molecule has 6 rings (SSSR count). The van der Waals surface area contributed by atoms with Crippen molar-refractivity contribution in [2.24, 2.45) is 0 Å². The third-order valence-electron chi connectivity index (χ3n) is 7.06. The van der Waals surface area contributed by atoms with Crippen molar-refractivity contribution in [3.8, 4) is 5.82 Å². The van der Waals surface area contributed by atoms with E-state index >= 15 is 0 Å². The Morgan fingerprint density at radius 2 is 1.89 bits per heavy atom. The van der Waals surface area contributed by atoms with Crippen molar-refractivity contribution in [1.29, 1.82) is 0 Å². The van der Waals surface area contributed by atoms with E-state index in [0.29, 0.717) is 74.6 Å². The second-order valence-electron chi connectivity index (χ2n) is 9.52. The lowest BCUT2D eigenvalue weighted by molar-refractivity contribution is -0.139. The van der Waals surface area contributed by atoms with Gasteiger partial charge in [-0.25, -0.2) is 13.8 Å². The minimum atomic E-state index is -2.78. The first-order chi connectivity index (χ1) is 18.1. The molecule has 10 nitrogen and oxygen atoms in total. The lowest BCUT2D eigenvalue weighted by atomic mass is 10.2. The van der Waals surface area contributed by atoms with E-state index in [-0.39, 0.29) is 23.9 Å². The molecule has 12 heteroatoms. The Balaban J connectivity index is 1.33. The molecule has 1 aromatic carbocycles. The van der Waals surface area contributed by atoms with Crippen molar-refractivity contribution in [2.45, 2.75) is 37.8 Å². The van der Waals surface area contributed by atoms with Gasteiger partial charge in [0, 0.05) is 44.9 Å². The van der Waals surface area contributed by atoms with E-state index in [0.717, 1.165) is 19.3 Å². The maximum absolute atomic E-state index is 14.1. The maximum atomic E-state index is 14.1. The third-order valence-corrected chi connectivity index (χ3v) is 7.06. The highest BCUT2D eigenvalue weighted by molar-refractivity contribution is 5.81. The van der Waals surface area contributed by atoms with Crippen LogP contribution in [0.3, 0.4) is 0 Å². The van der Waals surface area contributed by atoms with Crippen molar-refractivity contribution >= 4 is 28.7 Å². The number of fused-ring (bicyclic) bond motifs is 1. The molecule has 196 valence electrons. The summed E-state index contributed by atoms with van der Waals surface area (Å²) in [5, 5.41) is 3.43. The van der Waals surface area contributed by atoms with E-state index in [1.165, 1.54) is 4.57 Å². The molecular formula is C25H29F2N7O3. The van der Waals surface area contributed by atoms with Crippen molar-refractivity contribution in [3.63, 3.8) is 0 Å². The van der Waals surface area contributed by atoms with E-state index in [4.69, 9.17) is 19.4 Å². The summed E-state index contributed by atoms with van der Waals surface area (Å²) in [6.07, 6.45) is -0.709. The van der Waals surface area contributed by atoms with Crippen LogP contribution in [0.5, 0.6) is 0 Å². The topological polar surface area (TPSA) is 97.6 Å². The molecule has 0 bridgehead atoms. The number of imidazole rings is 1. The number of carbonyl (C=O) groups is 1. The summed E-state index contributed by atoms with van der Waals surface area (Å²) in [6, 6.07) is 8.67. The summed E-state index contributed by atoms with van der Waals surface area (Å²) < 4.78 is 40.6. The van der Waals surface area contributed by atoms with Crippen molar-refractivity contribution in [3.05, 3.63) is 36.2 Å². The molecule has 37 heavy (non-hydrogen) atoms. The van der Waals surface area contributed by atoms with Crippen LogP contribution < -0.4 is 10.2 Å². The minimum absolute atomic E-state index is 0.0280. The molecule has 1 N–H and O–H groups in total. The highest BCUT2D eigenvalue weighted by atomic mass is 19.3. The Labute approximate surface area is 212 Å². The predicted octanol–water partition coefficient (Wildman–Crippen LogP) is 2.78. The molecule has 5 heterocycles. The Bertz CT molecular complexity index is 1270. The summed E-state index contributed by atoms with van der Waals surface area (Å²) in [4.78, 5) is 30.2. The average Bonchev–Trinajstić information content (AvgIpc) is 3.69. The monoisotopic (exact) mass is 513 g/mol. The molecule has 0 unspecified atom stereocenters. The zero-order valence-corrected chi connectivity index (χ0v) is 20.4. The second-order valence-corrected chi connectivity index (χ2v) is 9.52. The van der Waals surface area contributed by atoms with Gasteiger partial charge in [0.15, 0.2) is 5.82 Å². The zero-order chi connectivity index (χ0) is 25.4. The molecule has 1 amide bonds. The van der Waals surface area contributed by atoms with E-state index in [1.807, 2.05) is 9.80 Å². The molecule has 3 aromatic rings. The number of amides is 1. The lowest BCUT2D eigenvalue weighted by Gasteiger charge is -2.28. The molecule has 3 aliphatic heterocycles. The van der Waals surface area contributed by atoms with Crippen molar-refractivity contribution in [1.82, 2.24) is 24.4 Å². The number of anilines is 2. The van der Waals surface area contributed by atoms with Gasteiger partial charge in [-0.2, -0.15) is 9.97 Å². The van der Waals surface area contributed by atoms with Crippen molar-refractivity contribution in [2.75, 3.05) is 56.2 Å². The van der Waals surface area contributed by atoms with Gasteiger partial charge < -0.3 is 24.6 Å². The number of nitrogens with zero attached hydrogens (tertiary/aromatic N) is 6. The van der Waals surface area contributed by atoms with Crippen LogP contribution in [-0.4, -0.2) is 88.5 Å². The van der Waals surface area contributed by atoms with Crippen LogP contribution in [0.25, 0.3) is 16.9 Å². The summed E-state index contributed by atoms with van der Waals surface area (Å²) in [6.45, 7) is 4.06. The lowest BCUT2D eigenvalue weighted by Crippen LogP contribution is -2.39. The third kappa shape index (κ3) is 4.82. The molecule has 0 radical (unpaired) electrons. The maximum Gasteiger partial charge on any atom is 0.296 e. The first-order valence-corrected chi connectivity index (χ1v) is 12.7. The summed E-state index contributed by atoms with van der Waals surface area (Å²) in [5.74, 6) is 0.930. The number of hydrogen-bond acceptors (Lipinski definition) is 8. The summed E-state index contributed by atoms with van der Waals surface area (Å²) >= 11 is 0. The number of nitrogens with one attached hydrogen (secondary N) is 1. The Morgan fingerprint density at radius 3 is 2.68 bits per heavy atom. The first kappa shape index (κ1) is 24.0. The largest absolute Gasteiger partial charge is 0.378 e. The fraction of sp³-hybridized carbons (Fsp3) is 0.520. The number of ether oxygens (including phenoxy) is 2. The first-order valence-electron chi connectivity index (χ1n) is 12.7. The van der Waals surface area contributed by atoms with E-state index in [1.54, 1.807) is 30.3 Å². The highest BCUT2D eigenvalue weighted by Crippen LogP contribution is 2.29. The van der Waals surface area contributed by atoms with Crippen LogP contribution in [-0.2, 0) is 14.3 Å². The van der Waals surface area contributed by atoms with Gasteiger partial charge in [0.25, 0.3) is 12.3 Å². The molecule has 0 saturated carbocycles. The SMILES string of the molecule is O=C([C@@H]1CCCO1)N1CC[C@H](Nc2cc(-n3c(C(F)F)nc4ccccc43)nc(N3CCOCC3)n2)C1. The highest BCUT2D eigenvalue weighted by Gasteiger charge is 2.33. The van der Waals surface area contributed by atoms with Crippen LogP contribution in [0.1, 0.15) is 31.5 Å². The Hall–Kier alpha value is -3.38. The number of alkyl halides is 2. The van der Waals surface area contributed by atoms with Crippen molar-refractivity contribution < 1.29 is 23.0 Å². The van der Waals surface area contributed by atoms with Gasteiger partial charge in [0.1, 0.15) is 17.7 Å². The number of halogens is 2. The van der Waals surface area contributed by atoms with Gasteiger partial charge in [-0.15, -0.1) is 0 Å². The molecule has 0 aliphatic carbocycles. The molecular weight excluding hydrogens is 484 g/mol. The molecule has 2 aromatic heterocycles. The van der Waals surface area contributed by atoms with Gasteiger partial charge in [0.05, 0.1) is 24.2 Å². The summed E-state index contributed by atoms with van der Waals surface area (Å²) in [5.41, 5.74) is 1.02. The van der Waals surface area contributed by atoms with Crippen LogP contribution >= 0.6 is 0 Å². The zero-order valence-electron chi connectivity index (χ0n) is 20.4. The minimum Gasteiger partial charge on any atom is -0.378 e. The van der Waals surface area contributed by atoms with Gasteiger partial charge in [-0.05, 0) is 31.4 Å². The Kier molecular flexibility index (Phi) is 6.59. The van der Waals surface area contributed by atoms with Gasteiger partial charge in [0.2, 0.25) is 5.95 Å². The number of morpholine rings is 1. The number of likely N-dealkylation sites (tertiary alicyclic amines) is 1.